The zero-order chi connectivity index (χ0) is 15.4. The lowest BCUT2D eigenvalue weighted by molar-refractivity contribution is 0.0391. The Bertz CT molecular complexity index is 458. The summed E-state index contributed by atoms with van der Waals surface area (Å²) in [5, 5.41) is 0. The van der Waals surface area contributed by atoms with Gasteiger partial charge in [0.2, 0.25) is 0 Å². The van der Waals surface area contributed by atoms with E-state index in [1.54, 1.807) is 0 Å². The van der Waals surface area contributed by atoms with Crippen LogP contribution in [0.1, 0.15) is 24.8 Å². The summed E-state index contributed by atoms with van der Waals surface area (Å²) in [5.41, 5.74) is 1.16. The van der Waals surface area contributed by atoms with Gasteiger partial charge in [-0.05, 0) is 24.8 Å². The molecule has 6 heteroatoms. The maximum absolute atomic E-state index is 10.7. The molecule has 0 aliphatic rings. The molecule has 0 unspecified atom stereocenters. The fourth-order valence-corrected chi connectivity index (χ4v) is 2.10. The Morgan fingerprint density at radius 3 is 2.24 bits per heavy atom. The van der Waals surface area contributed by atoms with E-state index in [0.29, 0.717) is 26.4 Å². The van der Waals surface area contributed by atoms with Crippen LogP contribution in [0, 0.1) is 0 Å². The average molecular weight is 316 g/mol. The van der Waals surface area contributed by atoms with E-state index in [1.807, 2.05) is 30.3 Å². The first-order valence-electron chi connectivity index (χ1n) is 7.12. The van der Waals surface area contributed by atoms with Gasteiger partial charge in [-0.15, -0.1) is 0 Å². The van der Waals surface area contributed by atoms with E-state index in [9.17, 15) is 8.42 Å². The fraction of sp³-hybridized carbons (Fsp3) is 0.600. The van der Waals surface area contributed by atoms with Gasteiger partial charge in [-0.1, -0.05) is 30.3 Å². The van der Waals surface area contributed by atoms with E-state index >= 15 is 0 Å². The summed E-state index contributed by atoms with van der Waals surface area (Å²) in [4.78, 5) is 0. The van der Waals surface area contributed by atoms with Gasteiger partial charge >= 0.3 is 0 Å². The number of unbranched alkanes of at least 4 members (excludes halogenated alkanes) is 2. The highest BCUT2D eigenvalue weighted by Gasteiger charge is 2.00. The van der Waals surface area contributed by atoms with E-state index in [0.717, 1.165) is 31.1 Å². The predicted molar refractivity (Wildman–Crippen MR) is 81.6 cm³/mol. The smallest absolute Gasteiger partial charge is 0.264 e. The van der Waals surface area contributed by atoms with Crippen molar-refractivity contribution in [2.75, 3.05) is 32.7 Å². The van der Waals surface area contributed by atoms with Gasteiger partial charge in [-0.2, -0.15) is 8.42 Å². The monoisotopic (exact) mass is 316 g/mol. The van der Waals surface area contributed by atoms with E-state index in [1.165, 1.54) is 0 Å². The van der Waals surface area contributed by atoms with Gasteiger partial charge in [-0.25, -0.2) is 0 Å². The first-order chi connectivity index (χ1) is 10.1. The highest BCUT2D eigenvalue weighted by Crippen LogP contribution is 2.01. The molecule has 5 nitrogen and oxygen atoms in total. The Balaban J connectivity index is 1.83. The summed E-state index contributed by atoms with van der Waals surface area (Å²) in [6, 6.07) is 10.0. The Kier molecular flexibility index (Phi) is 9.25. The van der Waals surface area contributed by atoms with Crippen molar-refractivity contribution in [3.05, 3.63) is 35.9 Å². The molecule has 0 aliphatic carbocycles. The topological polar surface area (TPSA) is 61.8 Å². The zero-order valence-corrected chi connectivity index (χ0v) is 13.3. The molecular formula is C15H24O5S. The second-order valence-corrected chi connectivity index (χ2v) is 6.38. The van der Waals surface area contributed by atoms with Crippen LogP contribution in [-0.2, 0) is 30.4 Å². The summed E-state index contributed by atoms with van der Waals surface area (Å²) in [5.74, 6) is 0. The summed E-state index contributed by atoms with van der Waals surface area (Å²) < 4.78 is 37.0. The van der Waals surface area contributed by atoms with Crippen LogP contribution in [0.25, 0.3) is 0 Å². The third-order valence-corrected chi connectivity index (χ3v) is 3.31. The quantitative estimate of drug-likeness (QED) is 0.437. The first kappa shape index (κ1) is 18.1. The minimum absolute atomic E-state index is 0.249. The summed E-state index contributed by atoms with van der Waals surface area (Å²) in [6.07, 6.45) is 3.57. The van der Waals surface area contributed by atoms with Gasteiger partial charge in [0, 0.05) is 6.61 Å². The van der Waals surface area contributed by atoms with Crippen molar-refractivity contribution in [2.45, 2.75) is 25.9 Å². The molecule has 120 valence electrons. The normalized spacial score (nSPS) is 11.7. The van der Waals surface area contributed by atoms with Crippen molar-refractivity contribution in [3.63, 3.8) is 0 Å². The second-order valence-electron chi connectivity index (χ2n) is 4.74. The van der Waals surface area contributed by atoms with E-state index in [4.69, 9.17) is 9.47 Å². The second kappa shape index (κ2) is 10.7. The van der Waals surface area contributed by atoms with E-state index in [2.05, 4.69) is 4.18 Å². The van der Waals surface area contributed by atoms with Crippen LogP contribution in [0.3, 0.4) is 0 Å². The van der Waals surface area contributed by atoms with Crippen molar-refractivity contribution in [2.24, 2.45) is 0 Å². The standard InChI is InChI=1S/C15H24O5S/c1-21(16,17)20-11-7-3-6-10-18-12-13-19-14-15-8-4-2-5-9-15/h2,4-5,8-9H,3,6-7,10-14H2,1H3. The fourth-order valence-electron chi connectivity index (χ4n) is 1.68. The molecule has 1 aromatic rings. The Hall–Kier alpha value is -0.950. The third-order valence-electron chi connectivity index (χ3n) is 2.71. The highest BCUT2D eigenvalue weighted by molar-refractivity contribution is 7.85. The van der Waals surface area contributed by atoms with Crippen LogP contribution in [0.5, 0.6) is 0 Å². The van der Waals surface area contributed by atoms with Crippen molar-refractivity contribution < 1.29 is 22.1 Å². The lowest BCUT2D eigenvalue weighted by Gasteiger charge is -2.06. The molecule has 0 N–H and O–H groups in total. The van der Waals surface area contributed by atoms with Crippen LogP contribution in [0.4, 0.5) is 0 Å². The number of rotatable bonds is 12. The molecule has 0 heterocycles. The van der Waals surface area contributed by atoms with Crippen LogP contribution >= 0.6 is 0 Å². The maximum Gasteiger partial charge on any atom is 0.264 e. The molecule has 1 aromatic carbocycles. The van der Waals surface area contributed by atoms with Crippen molar-refractivity contribution in [1.29, 1.82) is 0 Å². The lowest BCUT2D eigenvalue weighted by Crippen LogP contribution is -2.06. The van der Waals surface area contributed by atoms with Gasteiger partial charge < -0.3 is 9.47 Å². The molecular weight excluding hydrogens is 292 g/mol. The molecule has 0 radical (unpaired) electrons. The molecule has 21 heavy (non-hydrogen) atoms. The largest absolute Gasteiger partial charge is 0.379 e. The minimum atomic E-state index is -3.30. The maximum atomic E-state index is 10.7. The molecule has 0 aliphatic heterocycles. The molecule has 0 amide bonds. The summed E-state index contributed by atoms with van der Waals surface area (Å²) in [7, 11) is -3.30. The summed E-state index contributed by atoms with van der Waals surface area (Å²) in [6.45, 7) is 2.67. The van der Waals surface area contributed by atoms with Crippen molar-refractivity contribution in [1.82, 2.24) is 0 Å². The molecule has 0 bridgehead atoms. The molecule has 0 aromatic heterocycles. The molecule has 0 saturated carbocycles. The molecule has 0 saturated heterocycles. The minimum Gasteiger partial charge on any atom is -0.379 e. The Morgan fingerprint density at radius 1 is 0.857 bits per heavy atom. The van der Waals surface area contributed by atoms with Crippen molar-refractivity contribution in [3.8, 4) is 0 Å². The summed E-state index contributed by atoms with van der Waals surface area (Å²) >= 11 is 0. The lowest BCUT2D eigenvalue weighted by atomic mass is 10.2. The first-order valence-corrected chi connectivity index (χ1v) is 8.93. The molecule has 0 atom stereocenters. The molecule has 0 fully saturated rings. The van der Waals surface area contributed by atoms with Crippen LogP contribution in [0.15, 0.2) is 30.3 Å². The van der Waals surface area contributed by atoms with Gasteiger partial charge in [0.15, 0.2) is 0 Å². The van der Waals surface area contributed by atoms with Gasteiger partial charge in [0.05, 0.1) is 32.7 Å². The van der Waals surface area contributed by atoms with Gasteiger partial charge in [-0.3, -0.25) is 4.18 Å². The number of ether oxygens (including phenoxy) is 2. The number of benzene rings is 1. The average Bonchev–Trinajstić information content (AvgIpc) is 2.44. The Labute approximate surface area is 127 Å². The third kappa shape index (κ3) is 11.4. The van der Waals surface area contributed by atoms with Crippen molar-refractivity contribution >= 4 is 10.1 Å². The SMILES string of the molecule is CS(=O)(=O)OCCCCCOCCOCc1ccccc1. The number of hydrogen-bond donors (Lipinski definition) is 0. The van der Waals surface area contributed by atoms with Gasteiger partial charge in [0.25, 0.3) is 10.1 Å². The van der Waals surface area contributed by atoms with Crippen LogP contribution < -0.4 is 0 Å². The Morgan fingerprint density at radius 2 is 1.52 bits per heavy atom. The van der Waals surface area contributed by atoms with Crippen LogP contribution in [0.2, 0.25) is 0 Å². The number of hydrogen-bond acceptors (Lipinski definition) is 5. The predicted octanol–water partition coefficient (Wildman–Crippen LogP) is 2.37. The molecule has 1 rings (SSSR count). The van der Waals surface area contributed by atoms with Gasteiger partial charge in [0.1, 0.15) is 0 Å². The van der Waals surface area contributed by atoms with E-state index in [-0.39, 0.29) is 6.61 Å². The van der Waals surface area contributed by atoms with E-state index < -0.39 is 10.1 Å². The molecule has 0 spiro atoms. The zero-order valence-electron chi connectivity index (χ0n) is 12.5. The highest BCUT2D eigenvalue weighted by atomic mass is 32.2. The van der Waals surface area contributed by atoms with Crippen LogP contribution in [-0.4, -0.2) is 41.1 Å².